The fourth-order valence-corrected chi connectivity index (χ4v) is 4.30. The van der Waals surface area contributed by atoms with Gasteiger partial charge in [-0.15, -0.1) is 0 Å². The number of imidazole rings is 1. The Morgan fingerprint density at radius 3 is 2.25 bits per heavy atom. The van der Waals surface area contributed by atoms with Crippen LogP contribution in [-0.4, -0.2) is 26.7 Å². The molecule has 0 spiro atoms. The summed E-state index contributed by atoms with van der Waals surface area (Å²) in [6.07, 6.45) is 5.57. The van der Waals surface area contributed by atoms with Gasteiger partial charge in [-0.05, 0) is 66.4 Å². The van der Waals surface area contributed by atoms with E-state index >= 15 is 0 Å². The first-order valence-electron chi connectivity index (χ1n) is 11.7. The lowest BCUT2D eigenvalue weighted by molar-refractivity contribution is -0.145. The van der Waals surface area contributed by atoms with Crippen molar-refractivity contribution in [3.8, 4) is 28.1 Å². The number of halogens is 2. The Labute approximate surface area is 220 Å². The molecule has 4 rings (SSSR count). The first-order chi connectivity index (χ1) is 17.4. The molecular formula is C29H26Cl2N2O3. The smallest absolute Gasteiger partial charge is 0.344 e. The summed E-state index contributed by atoms with van der Waals surface area (Å²) >= 11 is 12.4. The molecule has 4 aromatic rings. The summed E-state index contributed by atoms with van der Waals surface area (Å²) in [6, 6.07) is 21.0. The molecule has 1 N–H and O–H groups in total. The van der Waals surface area contributed by atoms with Crippen LogP contribution in [-0.2, 0) is 11.3 Å². The van der Waals surface area contributed by atoms with Crippen LogP contribution in [0.2, 0.25) is 10.0 Å². The molecule has 0 aliphatic rings. The Hall–Kier alpha value is -3.54. The average Bonchev–Trinajstić information content (AvgIpc) is 3.29. The molecule has 0 aliphatic heterocycles. The van der Waals surface area contributed by atoms with Gasteiger partial charge in [0.1, 0.15) is 11.6 Å². The quantitative estimate of drug-likeness (QED) is 0.243. The molecule has 1 atom stereocenters. The fraction of sp³-hybridized carbons (Fsp3) is 0.172. The van der Waals surface area contributed by atoms with Crippen LogP contribution in [0.25, 0.3) is 34.5 Å². The largest absolute Gasteiger partial charge is 0.479 e. The van der Waals surface area contributed by atoms with Crippen molar-refractivity contribution >= 4 is 41.3 Å². The monoisotopic (exact) mass is 520 g/mol. The normalized spacial score (nSPS) is 12.1. The zero-order valence-corrected chi connectivity index (χ0v) is 21.5. The highest BCUT2D eigenvalue weighted by Gasteiger charge is 2.16. The minimum atomic E-state index is -0.961. The Kier molecular flexibility index (Phi) is 8.14. The van der Waals surface area contributed by atoms with Gasteiger partial charge in [-0.25, -0.2) is 9.78 Å². The molecule has 184 valence electrons. The van der Waals surface area contributed by atoms with Crippen molar-refractivity contribution in [2.75, 3.05) is 0 Å². The molecule has 3 aromatic carbocycles. The SMILES string of the molecule is CCC(Oc1ccc(-c2ccc(C=Cc3nc(-c4ccc(Cl)cc4Cl)cn3CC)cc2)cc1)C(=O)O. The van der Waals surface area contributed by atoms with E-state index in [0.717, 1.165) is 40.3 Å². The first-order valence-corrected chi connectivity index (χ1v) is 12.4. The molecule has 1 heterocycles. The topological polar surface area (TPSA) is 64.4 Å². The second-order valence-corrected chi connectivity index (χ2v) is 9.07. The number of hydrogen-bond acceptors (Lipinski definition) is 3. The van der Waals surface area contributed by atoms with E-state index in [-0.39, 0.29) is 0 Å². The van der Waals surface area contributed by atoms with Gasteiger partial charge in [0.15, 0.2) is 6.10 Å². The molecule has 0 saturated carbocycles. The lowest BCUT2D eigenvalue weighted by Gasteiger charge is -2.13. The minimum Gasteiger partial charge on any atom is -0.479 e. The van der Waals surface area contributed by atoms with Crippen LogP contribution in [0.4, 0.5) is 0 Å². The number of carbonyl (C=O) groups is 1. The van der Waals surface area contributed by atoms with Gasteiger partial charge in [0, 0.05) is 23.3 Å². The summed E-state index contributed by atoms with van der Waals surface area (Å²) in [7, 11) is 0. The third-order valence-corrected chi connectivity index (χ3v) is 6.35. The number of ether oxygens (including phenoxy) is 1. The van der Waals surface area contributed by atoms with Crippen molar-refractivity contribution in [2.45, 2.75) is 32.9 Å². The third-order valence-electron chi connectivity index (χ3n) is 5.80. The first kappa shape index (κ1) is 25.5. The predicted molar refractivity (Wildman–Crippen MR) is 147 cm³/mol. The summed E-state index contributed by atoms with van der Waals surface area (Å²) < 4.78 is 7.61. The molecule has 5 nitrogen and oxygen atoms in total. The van der Waals surface area contributed by atoms with Crippen LogP contribution >= 0.6 is 23.2 Å². The predicted octanol–water partition coefficient (Wildman–Crippen LogP) is 7.96. The van der Waals surface area contributed by atoms with E-state index in [9.17, 15) is 4.79 Å². The molecule has 36 heavy (non-hydrogen) atoms. The number of carboxylic acid groups (broad SMARTS) is 1. The van der Waals surface area contributed by atoms with Gasteiger partial charge in [0.05, 0.1) is 10.7 Å². The number of rotatable bonds is 9. The zero-order valence-electron chi connectivity index (χ0n) is 20.0. The van der Waals surface area contributed by atoms with E-state index in [0.29, 0.717) is 22.2 Å². The summed E-state index contributed by atoms with van der Waals surface area (Å²) in [5.41, 5.74) is 4.76. The van der Waals surface area contributed by atoms with Crippen molar-refractivity contribution in [1.82, 2.24) is 9.55 Å². The van der Waals surface area contributed by atoms with Crippen LogP contribution in [0.3, 0.4) is 0 Å². The Balaban J connectivity index is 1.48. The number of aromatic nitrogens is 2. The lowest BCUT2D eigenvalue weighted by Crippen LogP contribution is -2.25. The average molecular weight is 521 g/mol. The highest BCUT2D eigenvalue weighted by atomic mass is 35.5. The van der Waals surface area contributed by atoms with Crippen LogP contribution in [0.1, 0.15) is 31.7 Å². The van der Waals surface area contributed by atoms with E-state index in [1.165, 1.54) is 0 Å². The standard InChI is InChI=1S/C29H26Cl2N2O3/c1-3-27(29(34)35)36-23-13-10-21(11-14-23)20-8-5-19(6-9-20)7-16-28-32-26(18-33(28)4-2)24-15-12-22(30)17-25(24)31/h5-18,27H,3-4H2,1-2H3,(H,34,35). The minimum absolute atomic E-state index is 0.404. The van der Waals surface area contributed by atoms with Crippen molar-refractivity contribution in [3.05, 3.63) is 94.4 Å². The number of aryl methyl sites for hydroxylation is 1. The number of hydrogen-bond donors (Lipinski definition) is 1. The number of carboxylic acids is 1. The molecule has 0 aliphatic carbocycles. The molecule has 0 saturated heterocycles. The maximum atomic E-state index is 11.2. The maximum Gasteiger partial charge on any atom is 0.344 e. The Morgan fingerprint density at radius 2 is 1.67 bits per heavy atom. The van der Waals surface area contributed by atoms with Gasteiger partial charge in [-0.1, -0.05) is 72.6 Å². The summed E-state index contributed by atoms with van der Waals surface area (Å²) in [6.45, 7) is 4.64. The maximum absolute atomic E-state index is 11.2. The second kappa shape index (κ2) is 11.5. The third kappa shape index (κ3) is 5.99. The summed E-state index contributed by atoms with van der Waals surface area (Å²) in [4.78, 5) is 15.9. The molecule has 0 amide bonds. The highest BCUT2D eigenvalue weighted by Crippen LogP contribution is 2.30. The van der Waals surface area contributed by atoms with Crippen LogP contribution in [0, 0.1) is 0 Å². The summed E-state index contributed by atoms with van der Waals surface area (Å²) in [5.74, 6) is 0.416. The number of benzene rings is 3. The van der Waals surface area contributed by atoms with Gasteiger partial charge in [0.25, 0.3) is 0 Å². The van der Waals surface area contributed by atoms with Crippen molar-refractivity contribution in [3.63, 3.8) is 0 Å². The van der Waals surface area contributed by atoms with Crippen molar-refractivity contribution in [1.29, 1.82) is 0 Å². The molecule has 1 aromatic heterocycles. The molecular weight excluding hydrogens is 495 g/mol. The van der Waals surface area contributed by atoms with E-state index in [2.05, 4.69) is 11.5 Å². The van der Waals surface area contributed by atoms with Gasteiger partial charge in [0.2, 0.25) is 0 Å². The van der Waals surface area contributed by atoms with Crippen LogP contribution < -0.4 is 4.74 Å². The van der Waals surface area contributed by atoms with Crippen LogP contribution in [0.15, 0.2) is 72.9 Å². The van der Waals surface area contributed by atoms with Crippen molar-refractivity contribution in [2.24, 2.45) is 0 Å². The van der Waals surface area contributed by atoms with Crippen LogP contribution in [0.5, 0.6) is 5.75 Å². The van der Waals surface area contributed by atoms with Gasteiger partial charge < -0.3 is 14.4 Å². The van der Waals surface area contributed by atoms with E-state index in [1.54, 1.807) is 25.1 Å². The Morgan fingerprint density at radius 1 is 1.00 bits per heavy atom. The molecule has 0 radical (unpaired) electrons. The van der Waals surface area contributed by atoms with Gasteiger partial charge in [-0.3, -0.25) is 0 Å². The Bertz CT molecular complexity index is 1380. The second-order valence-electron chi connectivity index (χ2n) is 8.23. The molecule has 0 fully saturated rings. The summed E-state index contributed by atoms with van der Waals surface area (Å²) in [5, 5.41) is 10.3. The highest BCUT2D eigenvalue weighted by molar-refractivity contribution is 6.36. The van der Waals surface area contributed by atoms with Gasteiger partial charge >= 0.3 is 5.97 Å². The van der Waals surface area contributed by atoms with E-state index in [4.69, 9.17) is 38.0 Å². The number of nitrogens with zero attached hydrogens (tertiary/aromatic N) is 2. The zero-order chi connectivity index (χ0) is 25.7. The molecule has 0 bridgehead atoms. The van der Waals surface area contributed by atoms with E-state index in [1.807, 2.05) is 66.9 Å². The molecule has 7 heteroatoms. The van der Waals surface area contributed by atoms with Crippen molar-refractivity contribution < 1.29 is 14.6 Å². The lowest BCUT2D eigenvalue weighted by atomic mass is 10.0. The van der Waals surface area contributed by atoms with Gasteiger partial charge in [-0.2, -0.15) is 0 Å². The molecule has 1 unspecified atom stereocenters. The van der Waals surface area contributed by atoms with E-state index < -0.39 is 12.1 Å². The fourth-order valence-electron chi connectivity index (χ4n) is 3.80. The number of aliphatic carboxylic acids is 1.